The molecule has 0 aliphatic carbocycles. The zero-order valence-corrected chi connectivity index (χ0v) is 9.83. The van der Waals surface area contributed by atoms with Gasteiger partial charge in [0.15, 0.2) is 0 Å². The monoisotopic (exact) mass is 265 g/mol. The minimum Gasteiger partial charge on any atom is -0.480 e. The highest BCUT2D eigenvalue weighted by molar-refractivity contribution is 6.05. The number of hydrogen-bond acceptors (Lipinski definition) is 4. The summed E-state index contributed by atoms with van der Waals surface area (Å²) in [6, 6.07) is 2.21. The van der Waals surface area contributed by atoms with Crippen molar-refractivity contribution < 1.29 is 19.5 Å². The molecule has 2 heterocycles. The standard InChI is InChI=1S/C11H11N3O5/c15-8-3-5-14(11(19)12-8)7-2-1-4-13(10(7)18)6-9(16)17/h1-2,4H,3,5-6H2,(H,16,17)(H,12,15,19). The summed E-state index contributed by atoms with van der Waals surface area (Å²) in [5, 5.41) is 10.8. The van der Waals surface area contributed by atoms with Crippen molar-refractivity contribution in [1.29, 1.82) is 0 Å². The van der Waals surface area contributed by atoms with Crippen molar-refractivity contribution in [3.8, 4) is 0 Å². The molecule has 1 aromatic rings. The van der Waals surface area contributed by atoms with Crippen LogP contribution in [0.4, 0.5) is 10.5 Å². The third-order valence-corrected chi connectivity index (χ3v) is 2.65. The van der Waals surface area contributed by atoms with Gasteiger partial charge in [-0.25, -0.2) is 4.79 Å². The number of amides is 3. The molecule has 0 spiro atoms. The van der Waals surface area contributed by atoms with Gasteiger partial charge in [-0.15, -0.1) is 0 Å². The second kappa shape index (κ2) is 4.92. The van der Waals surface area contributed by atoms with Gasteiger partial charge in [-0.05, 0) is 12.1 Å². The zero-order chi connectivity index (χ0) is 14.0. The van der Waals surface area contributed by atoms with E-state index in [0.717, 1.165) is 9.47 Å². The Labute approximate surface area is 107 Å². The molecule has 1 fully saturated rings. The molecule has 1 aliphatic heterocycles. The van der Waals surface area contributed by atoms with Crippen LogP contribution < -0.4 is 15.8 Å². The third kappa shape index (κ3) is 2.62. The van der Waals surface area contributed by atoms with Gasteiger partial charge in [0.1, 0.15) is 12.2 Å². The maximum absolute atomic E-state index is 12.0. The van der Waals surface area contributed by atoms with E-state index in [9.17, 15) is 19.2 Å². The van der Waals surface area contributed by atoms with E-state index in [4.69, 9.17) is 5.11 Å². The van der Waals surface area contributed by atoms with E-state index in [1.807, 2.05) is 0 Å². The first-order valence-electron chi connectivity index (χ1n) is 5.51. The Morgan fingerprint density at radius 3 is 2.74 bits per heavy atom. The number of anilines is 1. The van der Waals surface area contributed by atoms with E-state index in [0.29, 0.717) is 0 Å². The van der Waals surface area contributed by atoms with Crippen molar-refractivity contribution in [2.75, 3.05) is 11.4 Å². The van der Waals surface area contributed by atoms with E-state index >= 15 is 0 Å². The van der Waals surface area contributed by atoms with E-state index < -0.39 is 30.0 Å². The van der Waals surface area contributed by atoms with Crippen LogP contribution in [0, 0.1) is 0 Å². The first-order chi connectivity index (χ1) is 8.99. The Balaban J connectivity index is 2.35. The molecule has 0 radical (unpaired) electrons. The first-order valence-corrected chi connectivity index (χ1v) is 5.51. The molecule has 1 saturated heterocycles. The van der Waals surface area contributed by atoms with Gasteiger partial charge in [-0.1, -0.05) is 0 Å². The maximum Gasteiger partial charge on any atom is 0.328 e. The van der Waals surface area contributed by atoms with E-state index in [1.165, 1.54) is 18.3 Å². The lowest BCUT2D eigenvalue weighted by Crippen LogP contribution is -2.51. The summed E-state index contributed by atoms with van der Waals surface area (Å²) >= 11 is 0. The summed E-state index contributed by atoms with van der Waals surface area (Å²) in [6.45, 7) is -0.391. The number of imide groups is 1. The van der Waals surface area contributed by atoms with Crippen LogP contribution in [0.3, 0.4) is 0 Å². The normalized spacial score (nSPS) is 15.3. The molecule has 2 rings (SSSR count). The number of carbonyl (C=O) groups excluding carboxylic acids is 2. The van der Waals surface area contributed by atoms with Gasteiger partial charge < -0.3 is 9.67 Å². The molecule has 3 amide bonds. The summed E-state index contributed by atoms with van der Waals surface area (Å²) in [5.74, 6) is -1.56. The molecule has 1 aliphatic rings. The van der Waals surface area contributed by atoms with Crippen molar-refractivity contribution >= 4 is 23.6 Å². The molecule has 8 nitrogen and oxygen atoms in total. The Kier molecular flexibility index (Phi) is 3.32. The van der Waals surface area contributed by atoms with Crippen LogP contribution >= 0.6 is 0 Å². The van der Waals surface area contributed by atoms with E-state index in [-0.39, 0.29) is 18.7 Å². The number of nitrogens with one attached hydrogen (secondary N) is 1. The molecular formula is C11H11N3O5. The smallest absolute Gasteiger partial charge is 0.328 e. The van der Waals surface area contributed by atoms with Gasteiger partial charge in [-0.2, -0.15) is 0 Å². The molecule has 0 atom stereocenters. The highest BCUT2D eigenvalue weighted by Gasteiger charge is 2.26. The fourth-order valence-electron chi connectivity index (χ4n) is 1.79. The number of carbonyl (C=O) groups is 3. The van der Waals surface area contributed by atoms with Gasteiger partial charge >= 0.3 is 12.0 Å². The minimum absolute atomic E-state index is 0.0498. The van der Waals surface area contributed by atoms with Crippen LogP contribution in [0.1, 0.15) is 6.42 Å². The summed E-state index contributed by atoms with van der Waals surface area (Å²) < 4.78 is 0.987. The lowest BCUT2D eigenvalue weighted by Gasteiger charge is -2.26. The van der Waals surface area contributed by atoms with Crippen molar-refractivity contribution in [1.82, 2.24) is 9.88 Å². The Bertz CT molecular complexity index is 607. The molecule has 1 aromatic heterocycles. The summed E-state index contributed by atoms with van der Waals surface area (Å²) in [4.78, 5) is 46.4. The summed E-state index contributed by atoms with van der Waals surface area (Å²) in [5.41, 5.74) is -0.539. The number of aromatic nitrogens is 1. The number of carboxylic acids is 1. The number of nitrogens with zero attached hydrogens (tertiary/aromatic N) is 2. The van der Waals surface area contributed by atoms with Crippen LogP contribution in [-0.2, 0) is 16.1 Å². The second-order valence-corrected chi connectivity index (χ2v) is 3.98. The first kappa shape index (κ1) is 12.8. The number of urea groups is 1. The maximum atomic E-state index is 12.0. The van der Waals surface area contributed by atoms with Crippen LogP contribution in [0.15, 0.2) is 23.1 Å². The SMILES string of the molecule is O=C(O)Cn1cccc(N2CCC(=O)NC2=O)c1=O. The number of aliphatic carboxylic acids is 1. The molecule has 0 unspecified atom stereocenters. The van der Waals surface area contributed by atoms with Crippen molar-refractivity contribution in [2.24, 2.45) is 0 Å². The lowest BCUT2D eigenvalue weighted by atomic mass is 10.2. The number of carboxylic acid groups (broad SMARTS) is 1. The molecule has 0 saturated carbocycles. The van der Waals surface area contributed by atoms with Crippen LogP contribution in [-0.4, -0.2) is 34.1 Å². The second-order valence-electron chi connectivity index (χ2n) is 3.98. The van der Waals surface area contributed by atoms with Crippen molar-refractivity contribution in [2.45, 2.75) is 13.0 Å². The minimum atomic E-state index is -1.16. The number of hydrogen-bond donors (Lipinski definition) is 2. The highest BCUT2D eigenvalue weighted by Crippen LogP contribution is 2.11. The highest BCUT2D eigenvalue weighted by atomic mass is 16.4. The Morgan fingerprint density at radius 1 is 1.37 bits per heavy atom. The number of rotatable bonds is 3. The Morgan fingerprint density at radius 2 is 2.11 bits per heavy atom. The fourth-order valence-corrected chi connectivity index (χ4v) is 1.79. The number of pyridine rings is 1. The average Bonchev–Trinajstić information content (AvgIpc) is 2.32. The lowest BCUT2D eigenvalue weighted by molar-refractivity contribution is -0.137. The predicted octanol–water partition coefficient (Wildman–Crippen LogP) is -0.621. The molecule has 8 heteroatoms. The van der Waals surface area contributed by atoms with Crippen LogP contribution in [0.2, 0.25) is 0 Å². The van der Waals surface area contributed by atoms with Crippen molar-refractivity contribution in [3.63, 3.8) is 0 Å². The summed E-state index contributed by atoms with van der Waals surface area (Å²) in [7, 11) is 0. The molecule has 0 aromatic carbocycles. The fraction of sp³-hybridized carbons (Fsp3) is 0.273. The predicted molar refractivity (Wildman–Crippen MR) is 63.8 cm³/mol. The Hall–Kier alpha value is -2.64. The van der Waals surface area contributed by atoms with Crippen LogP contribution in [0.25, 0.3) is 0 Å². The topological polar surface area (TPSA) is 109 Å². The quantitative estimate of drug-likeness (QED) is 0.757. The molecule has 2 N–H and O–H groups in total. The van der Waals surface area contributed by atoms with Gasteiger partial charge in [0.05, 0.1) is 0 Å². The van der Waals surface area contributed by atoms with Gasteiger partial charge in [0.25, 0.3) is 5.56 Å². The molecule has 19 heavy (non-hydrogen) atoms. The summed E-state index contributed by atoms with van der Waals surface area (Å²) in [6.07, 6.45) is 1.42. The molecule has 0 bridgehead atoms. The average molecular weight is 265 g/mol. The van der Waals surface area contributed by atoms with Crippen molar-refractivity contribution in [3.05, 3.63) is 28.7 Å². The van der Waals surface area contributed by atoms with E-state index in [2.05, 4.69) is 5.32 Å². The van der Waals surface area contributed by atoms with Gasteiger partial charge in [0.2, 0.25) is 5.91 Å². The van der Waals surface area contributed by atoms with E-state index in [1.54, 1.807) is 0 Å². The molecule has 100 valence electrons. The zero-order valence-electron chi connectivity index (χ0n) is 9.83. The van der Waals surface area contributed by atoms with Gasteiger partial charge in [0, 0.05) is 19.2 Å². The third-order valence-electron chi connectivity index (χ3n) is 2.65. The molecular weight excluding hydrogens is 254 g/mol. The largest absolute Gasteiger partial charge is 0.480 e. The van der Waals surface area contributed by atoms with Gasteiger partial charge in [-0.3, -0.25) is 24.6 Å². The van der Waals surface area contributed by atoms with Crippen LogP contribution in [0.5, 0.6) is 0 Å².